The molecule has 1 aliphatic carbocycles. The van der Waals surface area contributed by atoms with Crippen LogP contribution in [-0.2, 0) is 12.8 Å². The molecular weight excluding hydrogens is 436 g/mol. The van der Waals surface area contributed by atoms with Gasteiger partial charge in [0.25, 0.3) is 5.56 Å². The van der Waals surface area contributed by atoms with E-state index in [0.29, 0.717) is 18.3 Å². The summed E-state index contributed by atoms with van der Waals surface area (Å²) in [6.07, 6.45) is 11.9. The van der Waals surface area contributed by atoms with Crippen molar-refractivity contribution in [2.45, 2.75) is 64.0 Å². The van der Waals surface area contributed by atoms with E-state index in [-0.39, 0.29) is 11.6 Å². The summed E-state index contributed by atoms with van der Waals surface area (Å²) in [5.74, 6) is 0.581. The second-order valence-electron chi connectivity index (χ2n) is 9.63. The van der Waals surface area contributed by atoms with E-state index < -0.39 is 0 Å². The number of fused-ring (bicyclic) bond motifs is 1. The summed E-state index contributed by atoms with van der Waals surface area (Å²) in [6, 6.07) is 17.1. The molecule has 2 aliphatic heterocycles. The molecule has 0 spiro atoms. The largest absolute Gasteiger partial charge is 0.279 e. The first-order chi connectivity index (χ1) is 17.2. The third-order valence-electron chi connectivity index (χ3n) is 7.44. The number of allylic oxidation sites excluding steroid dienone is 2. The maximum absolute atomic E-state index is 13.6. The second-order valence-corrected chi connectivity index (χ2v) is 9.63. The van der Waals surface area contributed by atoms with Gasteiger partial charge < -0.3 is 0 Å². The van der Waals surface area contributed by atoms with Crippen molar-refractivity contribution in [2.75, 3.05) is 0 Å². The van der Waals surface area contributed by atoms with Gasteiger partial charge >= 0.3 is 0 Å². The van der Waals surface area contributed by atoms with Crippen LogP contribution in [0.4, 0.5) is 0 Å². The second kappa shape index (κ2) is 9.13. The zero-order valence-corrected chi connectivity index (χ0v) is 20.0. The monoisotopic (exact) mass is 466 g/mol. The molecule has 1 N–H and O–H groups in total. The van der Waals surface area contributed by atoms with E-state index in [1.807, 2.05) is 22.9 Å². The maximum atomic E-state index is 13.6. The summed E-state index contributed by atoms with van der Waals surface area (Å²) in [5, 5.41) is 14.5. The Kier molecular flexibility index (Phi) is 5.68. The van der Waals surface area contributed by atoms with E-state index in [1.165, 1.54) is 18.5 Å². The Bertz CT molecular complexity index is 1410. The number of nitrogens with zero attached hydrogens (tertiary/aromatic N) is 5. The molecule has 2 atom stereocenters. The average Bonchev–Trinajstić information content (AvgIpc) is 3.54. The first-order valence-electron chi connectivity index (χ1n) is 12.7. The summed E-state index contributed by atoms with van der Waals surface area (Å²) < 4.78 is 4.37. The molecule has 2 bridgehead atoms. The molecule has 7 heteroatoms. The van der Waals surface area contributed by atoms with Gasteiger partial charge in [-0.15, -0.1) is 10.2 Å². The molecule has 7 rings (SSSR count). The fraction of sp³-hybridized carbons (Fsp3) is 0.357. The summed E-state index contributed by atoms with van der Waals surface area (Å²) >= 11 is 0. The summed E-state index contributed by atoms with van der Waals surface area (Å²) in [5.41, 5.74) is 6.66. The molecule has 4 aromatic rings. The van der Waals surface area contributed by atoms with Crippen LogP contribution >= 0.6 is 0 Å². The minimum absolute atomic E-state index is 0.196. The Morgan fingerprint density at radius 3 is 2.37 bits per heavy atom. The molecule has 0 radical (unpaired) electrons. The van der Waals surface area contributed by atoms with Crippen molar-refractivity contribution in [1.29, 1.82) is 0 Å². The SMILES string of the molecule is CCCCCc1c(Cc2ccc(-c3ccccc3-c3nn[nH]n3)cc2)c(=O)n2n1C1C=CC2CC1. The Hall–Kier alpha value is -3.74. The van der Waals surface area contributed by atoms with E-state index >= 15 is 0 Å². The number of tetrazole rings is 1. The highest BCUT2D eigenvalue weighted by molar-refractivity contribution is 5.80. The number of hydrogen-bond donors (Lipinski definition) is 1. The maximum Gasteiger partial charge on any atom is 0.271 e. The highest BCUT2D eigenvalue weighted by Gasteiger charge is 2.33. The molecule has 3 aliphatic rings. The van der Waals surface area contributed by atoms with Gasteiger partial charge in [-0.25, -0.2) is 4.68 Å². The van der Waals surface area contributed by atoms with Crippen LogP contribution in [0, 0.1) is 0 Å². The average molecular weight is 467 g/mol. The van der Waals surface area contributed by atoms with Crippen LogP contribution in [0.2, 0.25) is 0 Å². The van der Waals surface area contributed by atoms with Crippen LogP contribution in [0.15, 0.2) is 65.5 Å². The van der Waals surface area contributed by atoms with E-state index in [0.717, 1.165) is 53.5 Å². The molecule has 178 valence electrons. The van der Waals surface area contributed by atoms with Gasteiger partial charge in [-0.1, -0.05) is 80.4 Å². The van der Waals surface area contributed by atoms with Crippen LogP contribution < -0.4 is 5.56 Å². The van der Waals surface area contributed by atoms with Crippen molar-refractivity contribution >= 4 is 0 Å². The van der Waals surface area contributed by atoms with Gasteiger partial charge in [-0.05, 0) is 47.6 Å². The Balaban J connectivity index is 1.33. The lowest BCUT2D eigenvalue weighted by atomic mass is 9.95. The van der Waals surface area contributed by atoms with E-state index in [9.17, 15) is 4.79 Å². The molecule has 2 unspecified atom stereocenters. The molecule has 0 amide bonds. The number of nitrogens with one attached hydrogen (secondary N) is 1. The van der Waals surface area contributed by atoms with Crippen molar-refractivity contribution in [3.63, 3.8) is 0 Å². The van der Waals surface area contributed by atoms with Gasteiger partial charge in [-0.3, -0.25) is 9.48 Å². The van der Waals surface area contributed by atoms with Crippen molar-refractivity contribution in [1.82, 2.24) is 30.0 Å². The molecule has 0 saturated carbocycles. The normalized spacial score (nSPS) is 18.2. The van der Waals surface area contributed by atoms with E-state index in [2.05, 4.69) is 74.7 Å². The van der Waals surface area contributed by atoms with Gasteiger partial charge in [0.2, 0.25) is 5.82 Å². The van der Waals surface area contributed by atoms with E-state index in [1.54, 1.807) is 0 Å². The third kappa shape index (κ3) is 3.85. The summed E-state index contributed by atoms with van der Waals surface area (Å²) in [7, 11) is 0. The fourth-order valence-corrected chi connectivity index (χ4v) is 5.69. The van der Waals surface area contributed by atoms with Crippen LogP contribution in [0.25, 0.3) is 22.5 Å². The number of aromatic amines is 1. The van der Waals surface area contributed by atoms with Crippen LogP contribution in [0.3, 0.4) is 0 Å². The number of H-pyrrole nitrogens is 1. The van der Waals surface area contributed by atoms with Crippen molar-refractivity contribution in [2.24, 2.45) is 0 Å². The molecule has 0 fully saturated rings. The zero-order valence-electron chi connectivity index (χ0n) is 20.0. The summed E-state index contributed by atoms with van der Waals surface area (Å²) in [6.45, 7) is 2.23. The summed E-state index contributed by atoms with van der Waals surface area (Å²) in [4.78, 5) is 13.6. The molecule has 0 saturated heterocycles. The molecule has 2 aromatic heterocycles. The predicted octanol–water partition coefficient (Wildman–Crippen LogP) is 5.27. The Labute approximate surface area is 204 Å². The topological polar surface area (TPSA) is 81.4 Å². The quantitative estimate of drug-likeness (QED) is 0.283. The van der Waals surface area contributed by atoms with Crippen molar-refractivity contribution < 1.29 is 0 Å². The number of benzene rings is 2. The predicted molar refractivity (Wildman–Crippen MR) is 136 cm³/mol. The van der Waals surface area contributed by atoms with E-state index in [4.69, 9.17) is 0 Å². The number of hydrogen-bond acceptors (Lipinski definition) is 4. The molecule has 7 nitrogen and oxygen atoms in total. The minimum atomic E-state index is 0.196. The zero-order chi connectivity index (χ0) is 23.8. The smallest absolute Gasteiger partial charge is 0.271 e. The number of aromatic nitrogens is 6. The van der Waals surface area contributed by atoms with Gasteiger partial charge in [0, 0.05) is 23.2 Å². The van der Waals surface area contributed by atoms with Crippen LogP contribution in [-0.4, -0.2) is 30.0 Å². The molecule has 35 heavy (non-hydrogen) atoms. The third-order valence-corrected chi connectivity index (χ3v) is 7.44. The highest BCUT2D eigenvalue weighted by Crippen LogP contribution is 2.37. The highest BCUT2D eigenvalue weighted by atomic mass is 16.1. The number of rotatable bonds is 8. The Morgan fingerprint density at radius 2 is 1.69 bits per heavy atom. The number of unbranched alkanes of at least 4 members (excludes halogenated alkanes) is 2. The van der Waals surface area contributed by atoms with Crippen LogP contribution in [0.5, 0.6) is 0 Å². The van der Waals surface area contributed by atoms with Gasteiger partial charge in [-0.2, -0.15) is 5.21 Å². The first-order valence-corrected chi connectivity index (χ1v) is 12.7. The van der Waals surface area contributed by atoms with Crippen molar-refractivity contribution in [3.8, 4) is 22.5 Å². The van der Waals surface area contributed by atoms with Gasteiger partial charge in [0.05, 0.1) is 12.1 Å². The lowest BCUT2D eigenvalue weighted by Gasteiger charge is -2.36. The lowest BCUT2D eigenvalue weighted by Crippen LogP contribution is -2.36. The molecule has 4 heterocycles. The molecular formula is C28H30N6O. The fourth-order valence-electron chi connectivity index (χ4n) is 5.69. The standard InChI is InChI=1S/C28H30N6O/c1-2-3-4-9-26-25(28(35)34-22-16-14-21(15-17-22)33(26)34)18-19-10-12-20(13-11-19)23-7-5-6-8-24(23)27-29-31-32-30-27/h5-8,10-14,16,21-22H,2-4,9,15,17-18H2,1H3,(H,29,30,31,32). The van der Waals surface area contributed by atoms with Crippen molar-refractivity contribution in [3.05, 3.63) is 87.9 Å². The van der Waals surface area contributed by atoms with Gasteiger partial charge in [0.1, 0.15) is 0 Å². The lowest BCUT2D eigenvalue weighted by molar-refractivity contribution is 0.256. The minimum Gasteiger partial charge on any atom is -0.279 e. The van der Waals surface area contributed by atoms with Crippen LogP contribution in [0.1, 0.15) is 67.9 Å². The van der Waals surface area contributed by atoms with Gasteiger partial charge in [0.15, 0.2) is 0 Å². The Morgan fingerprint density at radius 1 is 0.943 bits per heavy atom. The molecule has 2 aromatic carbocycles. The first kappa shape index (κ1) is 21.8.